The maximum Gasteiger partial charge on any atom is 0.348 e. The summed E-state index contributed by atoms with van der Waals surface area (Å²) in [6.45, 7) is 3.71. The number of allylic oxidation sites excluding steroid dienone is 1. The normalized spacial score (nSPS) is 11.8. The second-order valence-electron chi connectivity index (χ2n) is 3.12. The Morgan fingerprint density at radius 2 is 2.06 bits per heavy atom. The Morgan fingerprint density at radius 1 is 1.41 bits per heavy atom. The van der Waals surface area contributed by atoms with Crippen molar-refractivity contribution in [1.29, 1.82) is 0 Å². The smallest absolute Gasteiger partial charge is 0.348 e. The molecule has 0 aliphatic rings. The monoisotopic (exact) mass is 318 g/mol. The maximum atomic E-state index is 11.4. The first-order valence-corrected chi connectivity index (χ1v) is 6.19. The van der Waals surface area contributed by atoms with E-state index in [1.54, 1.807) is 38.1 Å². The van der Waals surface area contributed by atoms with Crippen molar-refractivity contribution in [2.45, 2.75) is 13.8 Å². The molecular formula is C12H12BrClO3. The van der Waals surface area contributed by atoms with E-state index in [9.17, 15) is 4.79 Å². The zero-order valence-electron chi connectivity index (χ0n) is 9.50. The van der Waals surface area contributed by atoms with Gasteiger partial charge in [0.2, 0.25) is 0 Å². The number of carbonyl (C=O) groups is 1. The van der Waals surface area contributed by atoms with Gasteiger partial charge in [0, 0.05) is 0 Å². The fraction of sp³-hybridized carbons (Fsp3) is 0.250. The van der Waals surface area contributed by atoms with E-state index in [1.807, 2.05) is 0 Å². The molecule has 1 rings (SSSR count). The average Bonchev–Trinajstić information content (AvgIpc) is 2.31. The van der Waals surface area contributed by atoms with Gasteiger partial charge in [-0.25, -0.2) is 4.79 Å². The van der Waals surface area contributed by atoms with E-state index in [0.29, 0.717) is 23.1 Å². The third-order valence-electron chi connectivity index (χ3n) is 1.86. The van der Waals surface area contributed by atoms with Crippen LogP contribution in [0, 0.1) is 0 Å². The van der Waals surface area contributed by atoms with E-state index >= 15 is 0 Å². The zero-order chi connectivity index (χ0) is 12.8. The molecule has 17 heavy (non-hydrogen) atoms. The molecule has 0 amide bonds. The van der Waals surface area contributed by atoms with Crippen LogP contribution in [-0.2, 0) is 9.53 Å². The minimum atomic E-state index is -0.461. The van der Waals surface area contributed by atoms with Crippen LogP contribution in [0.4, 0.5) is 0 Å². The van der Waals surface area contributed by atoms with Crippen LogP contribution in [0.25, 0.3) is 0 Å². The third-order valence-corrected chi connectivity index (χ3v) is 3.06. The lowest BCUT2D eigenvalue weighted by Crippen LogP contribution is -2.07. The molecule has 0 heterocycles. The highest BCUT2D eigenvalue weighted by Crippen LogP contribution is 2.26. The largest absolute Gasteiger partial charge is 0.462 e. The molecule has 0 radical (unpaired) electrons. The summed E-state index contributed by atoms with van der Waals surface area (Å²) in [5.41, 5.74) is 0. The van der Waals surface area contributed by atoms with Crippen LogP contribution in [0.15, 0.2) is 34.5 Å². The fourth-order valence-electron chi connectivity index (χ4n) is 1.08. The summed E-state index contributed by atoms with van der Waals surface area (Å²) in [6, 6.07) is 7.03. The summed E-state index contributed by atoms with van der Waals surface area (Å²) in [7, 11) is 0. The molecule has 1 aromatic carbocycles. The summed E-state index contributed by atoms with van der Waals surface area (Å²) in [6.07, 6.45) is 0. The topological polar surface area (TPSA) is 35.5 Å². The van der Waals surface area contributed by atoms with Crippen molar-refractivity contribution in [3.8, 4) is 5.75 Å². The molecule has 3 nitrogen and oxygen atoms in total. The second kappa shape index (κ2) is 6.67. The van der Waals surface area contributed by atoms with Gasteiger partial charge in [-0.05, 0) is 41.9 Å². The van der Waals surface area contributed by atoms with Gasteiger partial charge in [0.25, 0.3) is 0 Å². The molecule has 0 aliphatic heterocycles. The molecule has 0 unspecified atom stereocenters. The summed E-state index contributed by atoms with van der Waals surface area (Å²) >= 11 is 9.06. The van der Waals surface area contributed by atoms with Gasteiger partial charge in [-0.3, -0.25) is 0 Å². The Hall–Kier alpha value is -1.00. The maximum absolute atomic E-state index is 11.4. The Labute approximate surface area is 113 Å². The summed E-state index contributed by atoms with van der Waals surface area (Å²) in [5, 5.41) is 0.482. The number of halogens is 2. The van der Waals surface area contributed by atoms with E-state index in [4.69, 9.17) is 21.1 Å². The predicted molar refractivity (Wildman–Crippen MR) is 70.3 cm³/mol. The van der Waals surface area contributed by atoms with Crippen molar-refractivity contribution < 1.29 is 14.3 Å². The zero-order valence-corrected chi connectivity index (χ0v) is 11.8. The van der Waals surface area contributed by atoms with Crippen LogP contribution in [-0.4, -0.2) is 12.6 Å². The Balaban J connectivity index is 2.84. The van der Waals surface area contributed by atoms with Crippen LogP contribution < -0.4 is 4.74 Å². The molecule has 0 aromatic heterocycles. The molecule has 0 N–H and O–H groups in total. The number of ether oxygens (including phenoxy) is 2. The van der Waals surface area contributed by atoms with Gasteiger partial charge >= 0.3 is 5.97 Å². The van der Waals surface area contributed by atoms with E-state index in [1.165, 1.54) is 0 Å². The molecule has 92 valence electrons. The molecule has 0 bridgehead atoms. The van der Waals surface area contributed by atoms with Crippen LogP contribution in [0.1, 0.15) is 13.8 Å². The molecule has 0 saturated heterocycles. The lowest BCUT2D eigenvalue weighted by atomic mass is 10.3. The lowest BCUT2D eigenvalue weighted by molar-refractivity contribution is -0.137. The van der Waals surface area contributed by atoms with Crippen LogP contribution in [0.5, 0.6) is 5.75 Å². The Kier molecular flexibility index (Phi) is 5.51. The van der Waals surface area contributed by atoms with Gasteiger partial charge in [0.05, 0.1) is 11.6 Å². The van der Waals surface area contributed by atoms with Gasteiger partial charge in [-0.1, -0.05) is 23.7 Å². The fourth-order valence-corrected chi connectivity index (χ4v) is 1.45. The SMILES string of the molecule is CCOC(=O)C(Br)=C(C)Oc1ccccc1Cl. The third kappa shape index (κ3) is 4.06. The van der Waals surface area contributed by atoms with Crippen molar-refractivity contribution in [3.63, 3.8) is 0 Å². The number of hydrogen-bond acceptors (Lipinski definition) is 3. The molecule has 0 saturated carbocycles. The molecule has 0 atom stereocenters. The van der Waals surface area contributed by atoms with Crippen molar-refractivity contribution in [2.24, 2.45) is 0 Å². The van der Waals surface area contributed by atoms with Crippen molar-refractivity contribution in [2.75, 3.05) is 6.61 Å². The van der Waals surface area contributed by atoms with Gasteiger partial charge in [0.15, 0.2) is 0 Å². The minimum absolute atomic E-state index is 0.249. The summed E-state index contributed by atoms with van der Waals surface area (Å²) in [4.78, 5) is 11.4. The molecule has 0 fully saturated rings. The first-order chi connectivity index (χ1) is 8.06. The Morgan fingerprint density at radius 3 is 2.65 bits per heavy atom. The Bertz CT molecular complexity index is 443. The number of carbonyl (C=O) groups excluding carboxylic acids is 1. The number of rotatable bonds is 4. The molecule has 0 aliphatic carbocycles. The predicted octanol–water partition coefficient (Wildman–Crippen LogP) is 3.91. The van der Waals surface area contributed by atoms with Crippen LogP contribution in [0.3, 0.4) is 0 Å². The molecule has 5 heteroatoms. The van der Waals surface area contributed by atoms with E-state index in [0.717, 1.165) is 0 Å². The van der Waals surface area contributed by atoms with Crippen LogP contribution in [0.2, 0.25) is 5.02 Å². The summed E-state index contributed by atoms with van der Waals surface area (Å²) < 4.78 is 10.6. The van der Waals surface area contributed by atoms with E-state index in [-0.39, 0.29) is 4.48 Å². The lowest BCUT2D eigenvalue weighted by Gasteiger charge is -2.09. The number of benzene rings is 1. The highest BCUT2D eigenvalue weighted by atomic mass is 79.9. The summed E-state index contributed by atoms with van der Waals surface area (Å²) in [5.74, 6) is 0.432. The van der Waals surface area contributed by atoms with Gasteiger partial charge in [-0.15, -0.1) is 0 Å². The molecule has 0 spiro atoms. The highest BCUT2D eigenvalue weighted by Gasteiger charge is 2.13. The number of para-hydroxylation sites is 1. The number of hydrogen-bond donors (Lipinski definition) is 0. The molecule has 1 aromatic rings. The first-order valence-electron chi connectivity index (χ1n) is 5.02. The van der Waals surface area contributed by atoms with E-state index < -0.39 is 5.97 Å². The van der Waals surface area contributed by atoms with Crippen molar-refractivity contribution in [3.05, 3.63) is 39.5 Å². The van der Waals surface area contributed by atoms with Gasteiger partial charge in [-0.2, -0.15) is 0 Å². The molecular weight excluding hydrogens is 307 g/mol. The highest BCUT2D eigenvalue weighted by molar-refractivity contribution is 9.12. The van der Waals surface area contributed by atoms with Gasteiger partial charge < -0.3 is 9.47 Å². The number of esters is 1. The van der Waals surface area contributed by atoms with Crippen LogP contribution >= 0.6 is 27.5 Å². The van der Waals surface area contributed by atoms with Crippen molar-refractivity contribution >= 4 is 33.5 Å². The van der Waals surface area contributed by atoms with Gasteiger partial charge in [0.1, 0.15) is 16.0 Å². The quantitative estimate of drug-likeness (QED) is 0.479. The van der Waals surface area contributed by atoms with E-state index in [2.05, 4.69) is 15.9 Å². The first kappa shape index (κ1) is 14.1. The minimum Gasteiger partial charge on any atom is -0.462 e. The average molecular weight is 320 g/mol. The standard InChI is InChI=1S/C12H12BrClO3/c1-3-16-12(15)11(13)8(2)17-10-7-5-4-6-9(10)14/h4-7H,3H2,1-2H3. The van der Waals surface area contributed by atoms with Crippen molar-refractivity contribution in [1.82, 2.24) is 0 Å². The second-order valence-corrected chi connectivity index (χ2v) is 4.32.